The smallest absolute Gasteiger partial charge is 0.308 e. The normalized spacial score (nSPS) is 12.3. The van der Waals surface area contributed by atoms with Gasteiger partial charge in [-0.2, -0.15) is 12.7 Å². The van der Waals surface area contributed by atoms with E-state index in [9.17, 15) is 16.8 Å². The van der Waals surface area contributed by atoms with Gasteiger partial charge in [0.1, 0.15) is 5.75 Å². The maximum Gasteiger partial charge on any atom is 0.308 e. The fourth-order valence-corrected chi connectivity index (χ4v) is 4.39. The molecule has 0 fully saturated rings. The fraction of sp³-hybridized carbons (Fsp3) is 0.333. The van der Waals surface area contributed by atoms with E-state index in [1.54, 1.807) is 12.1 Å². The lowest BCUT2D eigenvalue weighted by Crippen LogP contribution is -2.33. The molecule has 0 saturated heterocycles. The van der Waals surface area contributed by atoms with Crippen LogP contribution in [0.25, 0.3) is 0 Å². The molecule has 0 aliphatic carbocycles. The molecule has 2 aromatic carbocycles. The van der Waals surface area contributed by atoms with E-state index in [1.165, 1.54) is 54.7 Å². The average Bonchev–Trinajstić information content (AvgIpc) is 2.65. The number of methoxy groups -OCH3 is 1. The van der Waals surface area contributed by atoms with Crippen molar-refractivity contribution in [1.29, 1.82) is 0 Å². The van der Waals surface area contributed by atoms with Crippen LogP contribution >= 0.6 is 11.6 Å². The standard InChI is InChI=1S/C18H22ClNO6S2/c1-3-27(21,22)26-17-6-4-5-15(13-17)14-20(11-12-25-2)28(23,24)18-9-7-16(19)8-10-18/h4-10,13H,3,11-12,14H2,1-2H3. The van der Waals surface area contributed by atoms with Gasteiger partial charge >= 0.3 is 10.1 Å². The third-order valence-electron chi connectivity index (χ3n) is 3.83. The molecule has 0 unspecified atom stereocenters. The molecule has 0 atom stereocenters. The average molecular weight is 448 g/mol. The van der Waals surface area contributed by atoms with Gasteiger partial charge in [0, 0.05) is 25.2 Å². The van der Waals surface area contributed by atoms with E-state index in [0.29, 0.717) is 10.6 Å². The first-order valence-electron chi connectivity index (χ1n) is 8.43. The molecule has 0 aliphatic rings. The van der Waals surface area contributed by atoms with Crippen LogP contribution < -0.4 is 4.18 Å². The summed E-state index contributed by atoms with van der Waals surface area (Å²) in [6, 6.07) is 12.2. The molecule has 0 aromatic heterocycles. The minimum Gasteiger partial charge on any atom is -0.383 e. The van der Waals surface area contributed by atoms with Gasteiger partial charge in [0.15, 0.2) is 0 Å². The number of nitrogens with zero attached hydrogens (tertiary/aromatic N) is 1. The molecule has 0 aliphatic heterocycles. The highest BCUT2D eigenvalue weighted by atomic mass is 35.5. The summed E-state index contributed by atoms with van der Waals surface area (Å²) in [6.07, 6.45) is 0. The van der Waals surface area contributed by atoms with Crippen LogP contribution in [0.1, 0.15) is 12.5 Å². The summed E-state index contributed by atoms with van der Waals surface area (Å²) >= 11 is 5.85. The molecule has 0 radical (unpaired) electrons. The van der Waals surface area contributed by atoms with Gasteiger partial charge < -0.3 is 8.92 Å². The van der Waals surface area contributed by atoms with E-state index in [2.05, 4.69) is 0 Å². The van der Waals surface area contributed by atoms with Crippen molar-refractivity contribution in [3.8, 4) is 5.75 Å². The fourth-order valence-electron chi connectivity index (χ4n) is 2.34. The number of halogens is 1. The van der Waals surface area contributed by atoms with Gasteiger partial charge in [0.2, 0.25) is 10.0 Å². The van der Waals surface area contributed by atoms with Gasteiger partial charge in [-0.15, -0.1) is 0 Å². The maximum absolute atomic E-state index is 13.0. The second-order valence-electron chi connectivity index (χ2n) is 5.86. The summed E-state index contributed by atoms with van der Waals surface area (Å²) < 4.78 is 60.6. The molecule has 28 heavy (non-hydrogen) atoms. The Morgan fingerprint density at radius 1 is 1.04 bits per heavy atom. The van der Waals surface area contributed by atoms with E-state index in [4.69, 9.17) is 20.5 Å². The minimum absolute atomic E-state index is 0.0255. The van der Waals surface area contributed by atoms with Crippen LogP contribution in [-0.4, -0.2) is 47.2 Å². The van der Waals surface area contributed by atoms with Crippen LogP contribution in [0.4, 0.5) is 0 Å². The molecule has 0 amide bonds. The largest absolute Gasteiger partial charge is 0.383 e. The zero-order chi connectivity index (χ0) is 20.8. The van der Waals surface area contributed by atoms with Crippen molar-refractivity contribution in [2.75, 3.05) is 26.0 Å². The molecule has 0 heterocycles. The molecule has 2 rings (SSSR count). The van der Waals surface area contributed by atoms with Gasteiger partial charge in [0.25, 0.3) is 0 Å². The Hall–Kier alpha value is -1.65. The summed E-state index contributed by atoms with van der Waals surface area (Å²) in [5.74, 6) is -0.0303. The van der Waals surface area contributed by atoms with Crippen molar-refractivity contribution in [1.82, 2.24) is 4.31 Å². The van der Waals surface area contributed by atoms with Crippen LogP contribution in [0.3, 0.4) is 0 Å². The van der Waals surface area contributed by atoms with E-state index >= 15 is 0 Å². The van der Waals surface area contributed by atoms with E-state index < -0.39 is 20.1 Å². The summed E-state index contributed by atoms with van der Waals surface area (Å²) in [5.41, 5.74) is 0.581. The Morgan fingerprint density at radius 3 is 2.32 bits per heavy atom. The highest BCUT2D eigenvalue weighted by molar-refractivity contribution is 7.89. The number of hydrogen-bond acceptors (Lipinski definition) is 6. The highest BCUT2D eigenvalue weighted by Gasteiger charge is 2.24. The zero-order valence-corrected chi connectivity index (χ0v) is 17.9. The van der Waals surface area contributed by atoms with Crippen LogP contribution in [-0.2, 0) is 31.4 Å². The number of sulfonamides is 1. The van der Waals surface area contributed by atoms with Crippen LogP contribution in [0.15, 0.2) is 53.4 Å². The lowest BCUT2D eigenvalue weighted by Gasteiger charge is -2.22. The zero-order valence-electron chi connectivity index (χ0n) is 15.5. The van der Waals surface area contributed by atoms with Crippen LogP contribution in [0, 0.1) is 0 Å². The second kappa shape index (κ2) is 9.71. The van der Waals surface area contributed by atoms with Crippen molar-refractivity contribution >= 4 is 31.7 Å². The highest BCUT2D eigenvalue weighted by Crippen LogP contribution is 2.22. The monoisotopic (exact) mass is 447 g/mol. The molecule has 10 heteroatoms. The van der Waals surface area contributed by atoms with Gasteiger partial charge in [-0.05, 0) is 48.9 Å². The van der Waals surface area contributed by atoms with Gasteiger partial charge in [-0.1, -0.05) is 23.7 Å². The summed E-state index contributed by atoms with van der Waals surface area (Å²) in [4.78, 5) is 0.106. The maximum atomic E-state index is 13.0. The number of benzene rings is 2. The molecular formula is C18H22ClNO6S2. The third-order valence-corrected chi connectivity index (χ3v) is 7.10. The van der Waals surface area contributed by atoms with Crippen LogP contribution in [0.2, 0.25) is 5.02 Å². The molecule has 154 valence electrons. The third kappa shape index (κ3) is 6.18. The first-order valence-corrected chi connectivity index (χ1v) is 11.8. The molecule has 0 saturated carbocycles. The lowest BCUT2D eigenvalue weighted by molar-refractivity contribution is 0.177. The van der Waals surface area contributed by atoms with Crippen molar-refractivity contribution in [2.45, 2.75) is 18.4 Å². The predicted molar refractivity (Wildman–Crippen MR) is 107 cm³/mol. The minimum atomic E-state index is -3.81. The Morgan fingerprint density at radius 2 is 1.71 bits per heavy atom. The summed E-state index contributed by atoms with van der Waals surface area (Å²) in [5, 5.41) is 0.435. The van der Waals surface area contributed by atoms with Crippen molar-refractivity contribution < 1.29 is 25.8 Å². The number of hydrogen-bond donors (Lipinski definition) is 0. The molecule has 2 aromatic rings. The summed E-state index contributed by atoms with van der Waals surface area (Å²) in [7, 11) is -5.99. The molecule has 0 N–H and O–H groups in total. The van der Waals surface area contributed by atoms with E-state index in [-0.39, 0.29) is 36.1 Å². The van der Waals surface area contributed by atoms with Crippen molar-refractivity contribution in [2.24, 2.45) is 0 Å². The van der Waals surface area contributed by atoms with Gasteiger partial charge in [0.05, 0.1) is 17.3 Å². The molecule has 7 nitrogen and oxygen atoms in total. The SMILES string of the molecule is CCS(=O)(=O)Oc1cccc(CN(CCOC)S(=O)(=O)c2ccc(Cl)cc2)c1. The predicted octanol–water partition coefficient (Wildman–Crippen LogP) is 2.91. The molecular weight excluding hydrogens is 426 g/mol. The summed E-state index contributed by atoms with van der Waals surface area (Å²) in [6.45, 7) is 1.83. The van der Waals surface area contributed by atoms with E-state index in [0.717, 1.165) is 0 Å². The van der Waals surface area contributed by atoms with Crippen molar-refractivity contribution in [3.05, 3.63) is 59.1 Å². The quantitative estimate of drug-likeness (QED) is 0.520. The Bertz CT molecular complexity index is 991. The first-order chi connectivity index (χ1) is 13.2. The first kappa shape index (κ1) is 22.6. The van der Waals surface area contributed by atoms with Crippen molar-refractivity contribution in [3.63, 3.8) is 0 Å². The van der Waals surface area contributed by atoms with Gasteiger partial charge in [-0.25, -0.2) is 8.42 Å². The van der Waals surface area contributed by atoms with E-state index in [1.807, 2.05) is 0 Å². The Labute approximate surface area is 171 Å². The van der Waals surface area contributed by atoms with Crippen LogP contribution in [0.5, 0.6) is 5.75 Å². The molecule has 0 spiro atoms. The number of ether oxygens (including phenoxy) is 1. The Kier molecular flexibility index (Phi) is 7.85. The van der Waals surface area contributed by atoms with Gasteiger partial charge in [-0.3, -0.25) is 0 Å². The lowest BCUT2D eigenvalue weighted by atomic mass is 10.2. The number of rotatable bonds is 10. The molecule has 0 bridgehead atoms. The Balaban J connectivity index is 2.30. The topological polar surface area (TPSA) is 90.0 Å². The second-order valence-corrected chi connectivity index (χ2v) is 10.1.